The third-order valence-electron chi connectivity index (χ3n) is 2.37. The second-order valence-corrected chi connectivity index (χ2v) is 4.04. The standard InChI is InChI=1S/C13H9ClN2O3/c14-13-9(5-6-15-16-13)10(17)3-1-8-2-4-11(18)12(19)7-8/h1-7,18-19H/b3-1+. The van der Waals surface area contributed by atoms with Crippen molar-refractivity contribution < 1.29 is 15.0 Å². The number of aromatic hydroxyl groups is 2. The van der Waals surface area contributed by atoms with Crippen LogP contribution in [0.5, 0.6) is 11.5 Å². The third-order valence-corrected chi connectivity index (χ3v) is 2.65. The predicted molar refractivity (Wildman–Crippen MR) is 70.2 cm³/mol. The number of phenolic OH excluding ortho intramolecular Hbond substituents is 2. The molecule has 0 saturated carbocycles. The van der Waals surface area contributed by atoms with Crippen LogP contribution in [0.1, 0.15) is 15.9 Å². The molecule has 0 aliphatic carbocycles. The minimum Gasteiger partial charge on any atom is -0.504 e. The van der Waals surface area contributed by atoms with Crippen molar-refractivity contribution in [1.29, 1.82) is 0 Å². The molecule has 6 heteroatoms. The zero-order valence-electron chi connectivity index (χ0n) is 9.62. The number of halogens is 1. The smallest absolute Gasteiger partial charge is 0.189 e. The molecule has 1 heterocycles. The summed E-state index contributed by atoms with van der Waals surface area (Å²) in [6.45, 7) is 0. The van der Waals surface area contributed by atoms with Gasteiger partial charge in [0.25, 0.3) is 0 Å². The normalized spacial score (nSPS) is 10.8. The van der Waals surface area contributed by atoms with Gasteiger partial charge in [0.05, 0.1) is 11.8 Å². The SMILES string of the molecule is O=C(/C=C/c1ccc(O)c(O)c1)c1ccnnc1Cl. The molecule has 0 saturated heterocycles. The quantitative estimate of drug-likeness (QED) is 0.511. The van der Waals surface area contributed by atoms with Crippen molar-refractivity contribution in [2.24, 2.45) is 0 Å². The van der Waals surface area contributed by atoms with E-state index in [4.69, 9.17) is 16.7 Å². The van der Waals surface area contributed by atoms with Gasteiger partial charge in [-0.1, -0.05) is 23.7 Å². The van der Waals surface area contributed by atoms with Crippen LogP contribution in [-0.2, 0) is 0 Å². The van der Waals surface area contributed by atoms with Gasteiger partial charge in [-0.2, -0.15) is 5.10 Å². The Bertz CT molecular complexity index is 656. The van der Waals surface area contributed by atoms with Crippen molar-refractivity contribution in [2.75, 3.05) is 0 Å². The first-order valence-corrected chi connectivity index (χ1v) is 5.67. The maximum atomic E-state index is 11.8. The van der Waals surface area contributed by atoms with Crippen molar-refractivity contribution in [3.05, 3.63) is 52.8 Å². The fraction of sp³-hybridized carbons (Fsp3) is 0. The van der Waals surface area contributed by atoms with E-state index in [0.29, 0.717) is 5.56 Å². The topological polar surface area (TPSA) is 83.3 Å². The molecule has 0 aliphatic heterocycles. The van der Waals surface area contributed by atoms with Gasteiger partial charge in [0, 0.05) is 0 Å². The molecule has 0 unspecified atom stereocenters. The van der Waals surface area contributed by atoms with Gasteiger partial charge in [0.2, 0.25) is 0 Å². The highest BCUT2D eigenvalue weighted by Crippen LogP contribution is 2.25. The van der Waals surface area contributed by atoms with Gasteiger partial charge in [-0.15, -0.1) is 5.10 Å². The molecule has 5 nitrogen and oxygen atoms in total. The molecule has 0 atom stereocenters. The molecule has 2 rings (SSSR count). The Labute approximate surface area is 113 Å². The van der Waals surface area contributed by atoms with Gasteiger partial charge in [-0.05, 0) is 29.8 Å². The summed E-state index contributed by atoms with van der Waals surface area (Å²) in [7, 11) is 0. The maximum absolute atomic E-state index is 11.8. The van der Waals surface area contributed by atoms with Crippen LogP contribution in [0.15, 0.2) is 36.5 Å². The lowest BCUT2D eigenvalue weighted by molar-refractivity contribution is 0.104. The van der Waals surface area contributed by atoms with Gasteiger partial charge >= 0.3 is 0 Å². The van der Waals surface area contributed by atoms with Crippen LogP contribution < -0.4 is 0 Å². The van der Waals surface area contributed by atoms with Crippen molar-refractivity contribution >= 4 is 23.5 Å². The van der Waals surface area contributed by atoms with Gasteiger partial charge in [-0.3, -0.25) is 4.79 Å². The zero-order chi connectivity index (χ0) is 13.8. The number of phenols is 2. The molecule has 19 heavy (non-hydrogen) atoms. The van der Waals surface area contributed by atoms with Gasteiger partial charge in [0.1, 0.15) is 0 Å². The monoisotopic (exact) mass is 276 g/mol. The lowest BCUT2D eigenvalue weighted by Crippen LogP contribution is -1.98. The third kappa shape index (κ3) is 3.08. The lowest BCUT2D eigenvalue weighted by atomic mass is 10.1. The molecule has 0 radical (unpaired) electrons. The molecular weight excluding hydrogens is 268 g/mol. The Hall–Kier alpha value is -2.40. The van der Waals surface area contributed by atoms with Gasteiger partial charge in [-0.25, -0.2) is 0 Å². The van der Waals surface area contributed by atoms with Crippen LogP contribution in [-0.4, -0.2) is 26.2 Å². The number of carbonyl (C=O) groups is 1. The largest absolute Gasteiger partial charge is 0.504 e. The minimum absolute atomic E-state index is 0.0331. The average Bonchev–Trinajstić information content (AvgIpc) is 2.40. The summed E-state index contributed by atoms with van der Waals surface area (Å²) in [5, 5.41) is 25.6. The highest BCUT2D eigenvalue weighted by atomic mass is 35.5. The molecule has 2 N–H and O–H groups in total. The molecular formula is C13H9ClN2O3. The predicted octanol–water partition coefficient (Wildman–Crippen LogP) is 2.44. The summed E-state index contributed by atoms with van der Waals surface area (Å²) in [6, 6.07) is 5.70. The number of rotatable bonds is 3. The van der Waals surface area contributed by atoms with E-state index in [1.165, 1.54) is 36.5 Å². The molecule has 96 valence electrons. The van der Waals surface area contributed by atoms with Crippen LogP contribution in [0.2, 0.25) is 5.15 Å². The molecule has 0 bridgehead atoms. The van der Waals surface area contributed by atoms with Crippen molar-refractivity contribution in [1.82, 2.24) is 10.2 Å². The Morgan fingerprint density at radius 3 is 2.68 bits per heavy atom. The number of ketones is 1. The molecule has 0 aliphatic rings. The van der Waals surface area contributed by atoms with Gasteiger partial charge in [0.15, 0.2) is 22.4 Å². The van der Waals surface area contributed by atoms with Crippen molar-refractivity contribution in [3.8, 4) is 11.5 Å². The number of hydrogen-bond acceptors (Lipinski definition) is 5. The lowest BCUT2D eigenvalue weighted by Gasteiger charge is -1.99. The Morgan fingerprint density at radius 1 is 1.21 bits per heavy atom. The number of allylic oxidation sites excluding steroid dienone is 1. The fourth-order valence-corrected chi connectivity index (χ4v) is 1.60. The van der Waals surface area contributed by atoms with E-state index < -0.39 is 0 Å². The number of aromatic nitrogens is 2. The highest BCUT2D eigenvalue weighted by molar-refractivity contribution is 6.33. The van der Waals surface area contributed by atoms with E-state index in [9.17, 15) is 9.90 Å². The van der Waals surface area contributed by atoms with Crippen LogP contribution >= 0.6 is 11.6 Å². The van der Waals surface area contributed by atoms with Crippen LogP contribution in [0.4, 0.5) is 0 Å². The Balaban J connectivity index is 2.21. The van der Waals surface area contributed by atoms with E-state index in [-0.39, 0.29) is 28.0 Å². The number of carbonyl (C=O) groups excluding carboxylic acids is 1. The summed E-state index contributed by atoms with van der Waals surface area (Å²) >= 11 is 5.75. The van der Waals surface area contributed by atoms with Gasteiger partial charge < -0.3 is 10.2 Å². The molecule has 0 amide bonds. The number of hydrogen-bond donors (Lipinski definition) is 2. The van der Waals surface area contributed by atoms with Crippen molar-refractivity contribution in [3.63, 3.8) is 0 Å². The van der Waals surface area contributed by atoms with E-state index in [0.717, 1.165) is 0 Å². The summed E-state index contributed by atoms with van der Waals surface area (Å²) in [6.07, 6.45) is 4.17. The Kier molecular flexibility index (Phi) is 3.77. The molecule has 0 spiro atoms. The second-order valence-electron chi connectivity index (χ2n) is 3.68. The van der Waals surface area contributed by atoms with E-state index in [1.54, 1.807) is 6.07 Å². The second kappa shape index (κ2) is 5.49. The highest BCUT2D eigenvalue weighted by Gasteiger charge is 2.08. The molecule has 1 aromatic carbocycles. The summed E-state index contributed by atoms with van der Waals surface area (Å²) < 4.78 is 0. The molecule has 1 aromatic heterocycles. The molecule has 2 aromatic rings. The van der Waals surface area contributed by atoms with Crippen LogP contribution in [0.3, 0.4) is 0 Å². The first-order chi connectivity index (χ1) is 9.08. The molecule has 0 fully saturated rings. The minimum atomic E-state index is -0.326. The van der Waals surface area contributed by atoms with Crippen molar-refractivity contribution in [2.45, 2.75) is 0 Å². The average molecular weight is 277 g/mol. The fourth-order valence-electron chi connectivity index (χ4n) is 1.40. The summed E-state index contributed by atoms with van der Waals surface area (Å²) in [5.74, 6) is -0.796. The van der Waals surface area contributed by atoms with E-state index in [2.05, 4.69) is 10.2 Å². The van der Waals surface area contributed by atoms with Crippen LogP contribution in [0, 0.1) is 0 Å². The summed E-state index contributed by atoms with van der Waals surface area (Å²) in [4.78, 5) is 11.8. The van der Waals surface area contributed by atoms with Crippen LogP contribution in [0.25, 0.3) is 6.08 Å². The number of benzene rings is 1. The Morgan fingerprint density at radius 2 is 2.00 bits per heavy atom. The first kappa shape index (κ1) is 13.0. The summed E-state index contributed by atoms with van der Waals surface area (Å²) in [5.41, 5.74) is 0.817. The van der Waals surface area contributed by atoms with E-state index in [1.807, 2.05) is 0 Å². The maximum Gasteiger partial charge on any atom is 0.189 e. The zero-order valence-corrected chi connectivity index (χ0v) is 10.4. The van der Waals surface area contributed by atoms with E-state index >= 15 is 0 Å². The first-order valence-electron chi connectivity index (χ1n) is 5.29. The number of nitrogens with zero attached hydrogens (tertiary/aromatic N) is 2.